The monoisotopic (exact) mass is 366 g/mol. The van der Waals surface area contributed by atoms with Crippen LogP contribution >= 0.6 is 0 Å². The van der Waals surface area contributed by atoms with Gasteiger partial charge in [-0.25, -0.2) is 0 Å². The molecule has 0 radical (unpaired) electrons. The molecule has 3 aromatic rings. The van der Waals surface area contributed by atoms with Crippen LogP contribution < -0.4 is 10.9 Å². The van der Waals surface area contributed by atoms with E-state index in [0.29, 0.717) is 23.7 Å². The Hall–Kier alpha value is -2.21. The van der Waals surface area contributed by atoms with Crippen LogP contribution in [0.4, 0.5) is 0 Å². The predicted molar refractivity (Wildman–Crippen MR) is 129 cm³/mol. The average molecular weight is 366 g/mol. The van der Waals surface area contributed by atoms with Crippen molar-refractivity contribution in [2.45, 2.75) is 51.4 Å². The van der Waals surface area contributed by atoms with E-state index in [4.69, 9.17) is 0 Å². The third-order valence-corrected chi connectivity index (χ3v) is 6.69. The first-order chi connectivity index (χ1) is 13.4. The largest absolute Gasteiger partial charge is 0.139 e. The molecule has 28 heavy (non-hydrogen) atoms. The molecular formula is C26H32B2. The number of benzene rings is 3. The minimum Gasteiger partial charge on any atom is -0.0889 e. The molecule has 0 aliphatic heterocycles. The second kappa shape index (κ2) is 8.86. The van der Waals surface area contributed by atoms with Crippen LogP contribution in [0.5, 0.6) is 0 Å². The first-order valence-electron chi connectivity index (χ1n) is 10.6. The van der Waals surface area contributed by atoms with E-state index < -0.39 is 0 Å². The maximum absolute atomic E-state index is 2.35. The minimum atomic E-state index is 0.501. The molecule has 0 bridgehead atoms. The Bertz CT molecular complexity index is 803. The van der Waals surface area contributed by atoms with Gasteiger partial charge >= 0.3 is 0 Å². The Balaban J connectivity index is 1.73. The van der Waals surface area contributed by atoms with Crippen molar-refractivity contribution in [3.63, 3.8) is 0 Å². The van der Waals surface area contributed by atoms with E-state index in [-0.39, 0.29) is 0 Å². The normalized spacial score (nSPS) is 15.6. The highest BCUT2D eigenvalue weighted by Crippen LogP contribution is 2.35. The molecule has 0 N–H and O–H groups in total. The fraction of sp³-hybridized carbons (Fsp3) is 0.308. The zero-order chi connectivity index (χ0) is 20.3. The molecule has 0 aliphatic carbocycles. The summed E-state index contributed by atoms with van der Waals surface area (Å²) in [6, 6.07) is 27.3. The molecule has 0 amide bonds. The Kier molecular flexibility index (Phi) is 6.50. The van der Waals surface area contributed by atoms with Crippen molar-refractivity contribution >= 4 is 26.6 Å². The summed E-state index contributed by atoms with van der Waals surface area (Å²) in [6.07, 6.45) is 0. The van der Waals surface area contributed by atoms with Crippen molar-refractivity contribution in [1.29, 1.82) is 0 Å². The molecule has 0 fully saturated rings. The summed E-state index contributed by atoms with van der Waals surface area (Å²) < 4.78 is 0. The van der Waals surface area contributed by atoms with Crippen LogP contribution in [-0.4, -0.2) is 15.7 Å². The highest BCUT2D eigenvalue weighted by Gasteiger charge is 2.19. The molecule has 0 nitrogen and oxygen atoms in total. The summed E-state index contributed by atoms with van der Waals surface area (Å²) in [5.74, 6) is 2.02. The van der Waals surface area contributed by atoms with Crippen LogP contribution in [0.15, 0.2) is 72.8 Å². The second-order valence-corrected chi connectivity index (χ2v) is 8.64. The van der Waals surface area contributed by atoms with Crippen molar-refractivity contribution in [3.8, 4) is 0 Å². The van der Waals surface area contributed by atoms with E-state index in [2.05, 4.69) is 116 Å². The van der Waals surface area contributed by atoms with Gasteiger partial charge in [0.2, 0.25) is 0 Å². The van der Waals surface area contributed by atoms with Crippen molar-refractivity contribution in [2.24, 2.45) is 0 Å². The minimum absolute atomic E-state index is 0.501. The summed E-state index contributed by atoms with van der Waals surface area (Å²) in [7, 11) is 4.30. The molecule has 0 saturated heterocycles. The molecule has 0 heterocycles. The molecule has 0 saturated carbocycles. The Morgan fingerprint density at radius 1 is 0.393 bits per heavy atom. The van der Waals surface area contributed by atoms with Gasteiger partial charge in [-0.15, -0.1) is 0 Å². The van der Waals surface area contributed by atoms with E-state index in [9.17, 15) is 0 Å². The van der Waals surface area contributed by atoms with Gasteiger partial charge in [0.25, 0.3) is 0 Å². The quantitative estimate of drug-likeness (QED) is 0.579. The van der Waals surface area contributed by atoms with Gasteiger partial charge in [0, 0.05) is 0 Å². The molecule has 4 atom stereocenters. The first kappa shape index (κ1) is 20.5. The molecule has 0 aliphatic rings. The topological polar surface area (TPSA) is 0 Å². The third-order valence-electron chi connectivity index (χ3n) is 6.69. The standard InChI is InChI=1S/C26H32B2/c1-17(19(3)23-9-13-25(27)14-10-23)21-5-7-22(8-6-21)18(2)20(4)24-11-15-26(28)16-12-24/h5-20H,27-28H2,1-4H3. The highest BCUT2D eigenvalue weighted by molar-refractivity contribution is 6.32. The van der Waals surface area contributed by atoms with Gasteiger partial charge in [0.15, 0.2) is 0 Å². The van der Waals surface area contributed by atoms with Gasteiger partial charge in [-0.1, -0.05) is 111 Å². The molecule has 0 spiro atoms. The van der Waals surface area contributed by atoms with E-state index >= 15 is 0 Å². The van der Waals surface area contributed by atoms with Crippen LogP contribution in [0.3, 0.4) is 0 Å². The molecule has 2 heteroatoms. The predicted octanol–water partition coefficient (Wildman–Crippen LogP) is 4.02. The molecule has 142 valence electrons. The Morgan fingerprint density at radius 3 is 0.786 bits per heavy atom. The lowest BCUT2D eigenvalue weighted by atomic mass is 9.80. The summed E-state index contributed by atoms with van der Waals surface area (Å²) >= 11 is 0. The first-order valence-corrected chi connectivity index (χ1v) is 10.6. The van der Waals surface area contributed by atoms with Crippen LogP contribution in [0.1, 0.15) is 73.6 Å². The zero-order valence-electron chi connectivity index (χ0n) is 18.2. The Morgan fingerprint density at radius 2 is 0.571 bits per heavy atom. The van der Waals surface area contributed by atoms with Crippen molar-refractivity contribution in [3.05, 3.63) is 95.1 Å². The van der Waals surface area contributed by atoms with Crippen LogP contribution in [-0.2, 0) is 0 Å². The van der Waals surface area contributed by atoms with Gasteiger partial charge < -0.3 is 0 Å². The maximum Gasteiger partial charge on any atom is 0.139 e. The SMILES string of the molecule is Bc1ccc(C(C)C(C)c2ccc(C(C)C(C)c3ccc(B)cc3)cc2)cc1. The zero-order valence-corrected chi connectivity index (χ0v) is 18.2. The van der Waals surface area contributed by atoms with E-state index in [1.54, 1.807) is 0 Å². The highest BCUT2D eigenvalue weighted by atomic mass is 14.2. The van der Waals surface area contributed by atoms with E-state index in [0.717, 1.165) is 0 Å². The lowest BCUT2D eigenvalue weighted by molar-refractivity contribution is 0.614. The summed E-state index contributed by atoms with van der Waals surface area (Å²) in [5.41, 5.74) is 8.33. The van der Waals surface area contributed by atoms with Crippen molar-refractivity contribution in [1.82, 2.24) is 0 Å². The number of hydrogen-bond acceptors (Lipinski definition) is 0. The fourth-order valence-electron chi connectivity index (χ4n) is 4.00. The van der Waals surface area contributed by atoms with E-state index in [1.165, 1.54) is 33.2 Å². The number of rotatable bonds is 6. The molecule has 0 aromatic heterocycles. The summed E-state index contributed by atoms with van der Waals surface area (Å²) in [6.45, 7) is 9.37. The summed E-state index contributed by atoms with van der Waals surface area (Å²) in [5, 5.41) is 0. The Labute approximate surface area is 173 Å². The second-order valence-electron chi connectivity index (χ2n) is 8.64. The van der Waals surface area contributed by atoms with Gasteiger partial charge in [-0.05, 0) is 45.9 Å². The van der Waals surface area contributed by atoms with Crippen LogP contribution in [0, 0.1) is 0 Å². The van der Waals surface area contributed by atoms with Gasteiger partial charge in [-0.2, -0.15) is 0 Å². The fourth-order valence-corrected chi connectivity index (χ4v) is 4.00. The van der Waals surface area contributed by atoms with E-state index in [1.807, 2.05) is 0 Å². The molecular weight excluding hydrogens is 334 g/mol. The summed E-state index contributed by atoms with van der Waals surface area (Å²) in [4.78, 5) is 0. The third kappa shape index (κ3) is 4.61. The van der Waals surface area contributed by atoms with Gasteiger partial charge in [0.1, 0.15) is 15.7 Å². The van der Waals surface area contributed by atoms with Crippen molar-refractivity contribution < 1.29 is 0 Å². The molecule has 3 rings (SSSR count). The lowest BCUT2D eigenvalue weighted by Gasteiger charge is -2.24. The number of hydrogen-bond donors (Lipinski definition) is 0. The lowest BCUT2D eigenvalue weighted by Crippen LogP contribution is -2.09. The van der Waals surface area contributed by atoms with Gasteiger partial charge in [0.05, 0.1) is 0 Å². The molecule has 4 unspecified atom stereocenters. The van der Waals surface area contributed by atoms with Gasteiger partial charge in [-0.3, -0.25) is 0 Å². The smallest absolute Gasteiger partial charge is 0.0889 e. The van der Waals surface area contributed by atoms with Crippen molar-refractivity contribution in [2.75, 3.05) is 0 Å². The average Bonchev–Trinajstić information content (AvgIpc) is 2.73. The maximum atomic E-state index is 2.35. The van der Waals surface area contributed by atoms with Crippen LogP contribution in [0.25, 0.3) is 0 Å². The molecule has 3 aromatic carbocycles. The van der Waals surface area contributed by atoms with Crippen LogP contribution in [0.2, 0.25) is 0 Å².